The van der Waals surface area contributed by atoms with Gasteiger partial charge in [0.1, 0.15) is 0 Å². The maximum atomic E-state index is 13.8. The predicted octanol–water partition coefficient (Wildman–Crippen LogP) is 6.39. The minimum atomic E-state index is -4.52. The molecule has 0 saturated heterocycles. The molecule has 2 aromatic heterocycles. The third kappa shape index (κ3) is 3.91. The Morgan fingerprint density at radius 1 is 1.13 bits per heavy atom. The molecule has 1 aromatic carbocycles. The van der Waals surface area contributed by atoms with Gasteiger partial charge in [0.25, 0.3) is 0 Å². The lowest BCUT2D eigenvalue weighted by Crippen LogP contribution is -2.08. The van der Waals surface area contributed by atoms with Crippen LogP contribution in [0.3, 0.4) is 0 Å². The predicted molar refractivity (Wildman–Crippen MR) is 109 cm³/mol. The molecule has 1 fully saturated rings. The Balaban J connectivity index is 1.79. The molecule has 0 unspecified atom stereocenters. The van der Waals surface area contributed by atoms with Crippen molar-refractivity contribution < 1.29 is 13.2 Å². The van der Waals surface area contributed by atoms with E-state index in [4.69, 9.17) is 5.26 Å². The van der Waals surface area contributed by atoms with Crippen LogP contribution in [0.4, 0.5) is 13.2 Å². The second kappa shape index (κ2) is 8.10. The van der Waals surface area contributed by atoms with Crippen molar-refractivity contribution in [2.24, 2.45) is 0 Å². The Morgan fingerprint density at radius 2 is 1.83 bits per heavy atom. The molecule has 1 aliphatic carbocycles. The monoisotopic (exact) mass is 412 g/mol. The van der Waals surface area contributed by atoms with Crippen LogP contribution in [0.1, 0.15) is 61.3 Å². The highest BCUT2D eigenvalue weighted by Gasteiger charge is 2.35. The summed E-state index contributed by atoms with van der Waals surface area (Å²) in [5, 5.41) is 13.1. The molecule has 0 aliphatic heterocycles. The number of hydrogen-bond donors (Lipinski definition) is 0. The van der Waals surface area contributed by atoms with Crippen molar-refractivity contribution in [1.82, 2.24) is 14.8 Å². The number of nitriles is 1. The lowest BCUT2D eigenvalue weighted by molar-refractivity contribution is -0.136. The van der Waals surface area contributed by atoms with E-state index >= 15 is 0 Å². The molecule has 4 nitrogen and oxygen atoms in total. The van der Waals surface area contributed by atoms with Gasteiger partial charge in [0, 0.05) is 5.56 Å². The molecule has 0 N–H and O–H groups in total. The van der Waals surface area contributed by atoms with E-state index in [-0.39, 0.29) is 35.4 Å². The summed E-state index contributed by atoms with van der Waals surface area (Å²) >= 11 is 0. The highest BCUT2D eigenvalue weighted by Crippen LogP contribution is 2.39. The van der Waals surface area contributed by atoms with Crippen molar-refractivity contribution in [3.05, 3.63) is 47.2 Å². The van der Waals surface area contributed by atoms with Crippen molar-refractivity contribution in [3.63, 3.8) is 0 Å². The highest BCUT2D eigenvalue weighted by atomic mass is 19.4. The number of fused-ring (bicyclic) bond motifs is 1. The molecule has 0 amide bonds. The number of aryl methyl sites for hydroxylation is 2. The Labute approximate surface area is 173 Å². The van der Waals surface area contributed by atoms with Crippen molar-refractivity contribution in [2.45, 2.75) is 64.1 Å². The zero-order valence-electron chi connectivity index (χ0n) is 16.8. The Bertz CT molecular complexity index is 1080. The number of halogens is 3. The van der Waals surface area contributed by atoms with E-state index in [1.54, 1.807) is 6.92 Å². The molecule has 0 spiro atoms. The van der Waals surface area contributed by atoms with Gasteiger partial charge in [0.05, 0.1) is 41.4 Å². The maximum Gasteiger partial charge on any atom is 0.417 e. The summed E-state index contributed by atoms with van der Waals surface area (Å²) in [5.74, 6) is 0.532. The molecule has 4 rings (SSSR count). The molecule has 1 saturated carbocycles. The summed E-state index contributed by atoms with van der Waals surface area (Å²) < 4.78 is 42.9. The minimum Gasteiger partial charge on any atom is -0.246 e. The largest absolute Gasteiger partial charge is 0.417 e. The number of pyridine rings is 1. The summed E-state index contributed by atoms with van der Waals surface area (Å²) in [6.07, 6.45) is 1.69. The third-order valence-electron chi connectivity index (χ3n) is 5.90. The van der Waals surface area contributed by atoms with E-state index in [0.717, 1.165) is 6.07 Å². The minimum absolute atomic E-state index is 0.00279. The topological polar surface area (TPSA) is 54.5 Å². The Morgan fingerprint density at radius 3 is 2.47 bits per heavy atom. The molecule has 0 atom stereocenters. The molecule has 156 valence electrons. The van der Waals surface area contributed by atoms with E-state index in [0.29, 0.717) is 11.5 Å². The van der Waals surface area contributed by atoms with E-state index in [9.17, 15) is 13.2 Å². The van der Waals surface area contributed by atoms with Crippen LogP contribution in [0.5, 0.6) is 0 Å². The second-order valence-electron chi connectivity index (χ2n) is 7.93. The van der Waals surface area contributed by atoms with Gasteiger partial charge in [-0.05, 0) is 37.3 Å². The van der Waals surface area contributed by atoms with Crippen LogP contribution < -0.4 is 0 Å². The van der Waals surface area contributed by atoms with Crippen molar-refractivity contribution >= 4 is 11.0 Å². The fourth-order valence-electron chi connectivity index (χ4n) is 4.40. The smallest absolute Gasteiger partial charge is 0.246 e. The van der Waals surface area contributed by atoms with Gasteiger partial charge in [-0.25, -0.2) is 9.67 Å². The average molecular weight is 412 g/mol. The number of aromatic nitrogens is 3. The van der Waals surface area contributed by atoms with Gasteiger partial charge >= 0.3 is 6.18 Å². The third-order valence-corrected chi connectivity index (χ3v) is 5.90. The highest BCUT2D eigenvalue weighted by molar-refractivity contribution is 5.85. The van der Waals surface area contributed by atoms with Gasteiger partial charge in [0.15, 0.2) is 5.65 Å². The number of rotatable bonds is 4. The van der Waals surface area contributed by atoms with Crippen LogP contribution in [0, 0.1) is 18.3 Å². The molecule has 2 heterocycles. The summed E-state index contributed by atoms with van der Waals surface area (Å²) in [7, 11) is 0. The first-order valence-corrected chi connectivity index (χ1v) is 10.3. The average Bonchev–Trinajstić information content (AvgIpc) is 3.07. The lowest BCUT2D eigenvalue weighted by Gasteiger charge is -2.22. The van der Waals surface area contributed by atoms with Crippen molar-refractivity contribution in [3.8, 4) is 17.3 Å². The number of alkyl halides is 3. The van der Waals surface area contributed by atoms with Gasteiger partial charge in [-0.2, -0.15) is 23.5 Å². The molecule has 0 bridgehead atoms. The van der Waals surface area contributed by atoms with E-state index in [1.165, 1.54) is 42.3 Å². The van der Waals surface area contributed by atoms with Crippen molar-refractivity contribution in [2.75, 3.05) is 0 Å². The first kappa shape index (κ1) is 20.4. The van der Waals surface area contributed by atoms with Gasteiger partial charge < -0.3 is 0 Å². The number of hydrogen-bond acceptors (Lipinski definition) is 3. The molecular formula is C23H23F3N4. The summed E-state index contributed by atoms with van der Waals surface area (Å²) in [4.78, 5) is 4.53. The first-order chi connectivity index (χ1) is 14.4. The van der Waals surface area contributed by atoms with Crippen LogP contribution in [0.15, 0.2) is 30.3 Å². The molecule has 7 heteroatoms. The van der Waals surface area contributed by atoms with Crippen molar-refractivity contribution in [1.29, 1.82) is 5.26 Å². The van der Waals surface area contributed by atoms with Gasteiger partial charge in [0.2, 0.25) is 0 Å². The van der Waals surface area contributed by atoms with E-state index < -0.39 is 11.7 Å². The standard InChI is InChI=1S/C23H23F3N4/c1-15-21-19(23(24,25)26)14-20(28-22(21)30(29-15)13-5-12-27)18-10-8-17(9-11-18)16-6-3-2-4-7-16/h8-11,14,16H,2-7,13H2,1H3. The van der Waals surface area contributed by atoms with Crippen LogP contribution in [-0.2, 0) is 12.7 Å². The van der Waals surface area contributed by atoms with Gasteiger partial charge in [-0.15, -0.1) is 0 Å². The maximum absolute atomic E-state index is 13.8. The molecule has 30 heavy (non-hydrogen) atoms. The summed E-state index contributed by atoms with van der Waals surface area (Å²) in [6, 6.07) is 10.9. The molecule has 0 radical (unpaired) electrons. The van der Waals surface area contributed by atoms with Crippen LogP contribution in [0.25, 0.3) is 22.3 Å². The quantitative estimate of drug-likeness (QED) is 0.499. The summed E-state index contributed by atoms with van der Waals surface area (Å²) in [6.45, 7) is 1.75. The van der Waals surface area contributed by atoms with Crippen LogP contribution in [-0.4, -0.2) is 14.8 Å². The zero-order chi connectivity index (χ0) is 21.3. The fraction of sp³-hybridized carbons (Fsp3) is 0.435. The Hall–Kier alpha value is -2.88. The van der Waals surface area contributed by atoms with Crippen LogP contribution >= 0.6 is 0 Å². The van der Waals surface area contributed by atoms with Crippen LogP contribution in [0.2, 0.25) is 0 Å². The second-order valence-corrected chi connectivity index (χ2v) is 7.93. The Kier molecular flexibility index (Phi) is 5.50. The van der Waals surface area contributed by atoms with E-state index in [1.807, 2.05) is 30.3 Å². The lowest BCUT2D eigenvalue weighted by atomic mass is 9.84. The SMILES string of the molecule is Cc1nn(CCC#N)c2nc(-c3ccc(C4CCCCC4)cc3)cc(C(F)(F)F)c12. The number of benzene rings is 1. The normalized spacial score (nSPS) is 15.4. The fourth-order valence-corrected chi connectivity index (χ4v) is 4.40. The van der Waals surface area contributed by atoms with Gasteiger partial charge in [-0.3, -0.25) is 0 Å². The molecular weight excluding hydrogens is 389 g/mol. The summed E-state index contributed by atoms with van der Waals surface area (Å²) in [5.41, 5.74) is 1.85. The van der Waals surface area contributed by atoms with Gasteiger partial charge in [-0.1, -0.05) is 43.5 Å². The first-order valence-electron chi connectivity index (χ1n) is 10.3. The zero-order valence-corrected chi connectivity index (χ0v) is 16.8. The number of nitrogens with zero attached hydrogens (tertiary/aromatic N) is 4. The molecule has 1 aliphatic rings. The molecule has 3 aromatic rings. The van der Waals surface area contributed by atoms with E-state index in [2.05, 4.69) is 10.1 Å².